The Balaban J connectivity index is 2.03. The minimum absolute atomic E-state index is 0.0529. The van der Waals surface area contributed by atoms with Crippen LogP contribution in [0, 0.1) is 18.3 Å². The van der Waals surface area contributed by atoms with Gasteiger partial charge in [0.2, 0.25) is 0 Å². The van der Waals surface area contributed by atoms with Crippen molar-refractivity contribution in [2.45, 2.75) is 26.4 Å². The SMILES string of the molecule is CNCc1nnc(NC(C)c2cccc(C#N)c2C)c2cc(Cl)ncc12. The smallest absolute Gasteiger partial charge is 0.157 e. The molecule has 0 aliphatic carbocycles. The van der Waals surface area contributed by atoms with Crippen LogP contribution in [0.25, 0.3) is 10.8 Å². The van der Waals surface area contributed by atoms with Crippen LogP contribution >= 0.6 is 11.6 Å². The van der Waals surface area contributed by atoms with Crippen molar-refractivity contribution in [3.8, 4) is 6.07 Å². The van der Waals surface area contributed by atoms with Crippen LogP contribution in [-0.2, 0) is 6.54 Å². The van der Waals surface area contributed by atoms with Crippen LogP contribution in [0.4, 0.5) is 5.82 Å². The zero-order chi connectivity index (χ0) is 18.7. The number of benzene rings is 1. The topological polar surface area (TPSA) is 86.5 Å². The van der Waals surface area contributed by atoms with E-state index in [9.17, 15) is 5.26 Å². The Kier molecular flexibility index (Phi) is 5.31. The van der Waals surface area contributed by atoms with E-state index in [1.807, 2.05) is 39.1 Å². The number of aromatic nitrogens is 3. The van der Waals surface area contributed by atoms with E-state index in [1.165, 1.54) is 0 Å². The van der Waals surface area contributed by atoms with E-state index in [1.54, 1.807) is 12.3 Å². The molecule has 0 saturated carbocycles. The molecule has 1 aromatic carbocycles. The maximum atomic E-state index is 9.25. The van der Waals surface area contributed by atoms with E-state index in [2.05, 4.69) is 31.9 Å². The van der Waals surface area contributed by atoms with Crippen LogP contribution in [0.1, 0.15) is 35.3 Å². The molecular formula is C19H19ClN6. The minimum Gasteiger partial charge on any atom is -0.362 e. The van der Waals surface area contributed by atoms with Crippen LogP contribution in [0.15, 0.2) is 30.5 Å². The van der Waals surface area contributed by atoms with Crippen molar-refractivity contribution in [3.63, 3.8) is 0 Å². The average molecular weight is 367 g/mol. The molecule has 132 valence electrons. The summed E-state index contributed by atoms with van der Waals surface area (Å²) in [6.07, 6.45) is 1.72. The standard InChI is InChI=1S/C19H19ClN6/c1-11-13(8-21)5-4-6-14(11)12(2)24-19-15-7-18(20)23-9-16(15)17(10-22-3)25-26-19/h4-7,9,12,22H,10H2,1-3H3,(H,24,26). The zero-order valence-corrected chi connectivity index (χ0v) is 15.6. The molecular weight excluding hydrogens is 348 g/mol. The van der Waals surface area contributed by atoms with Gasteiger partial charge in [0.05, 0.1) is 23.4 Å². The average Bonchev–Trinajstić information content (AvgIpc) is 2.64. The first-order chi connectivity index (χ1) is 12.5. The largest absolute Gasteiger partial charge is 0.362 e. The molecule has 2 aromatic heterocycles. The molecule has 0 aliphatic rings. The second-order valence-corrected chi connectivity index (χ2v) is 6.46. The number of nitriles is 1. The fourth-order valence-electron chi connectivity index (χ4n) is 3.01. The van der Waals surface area contributed by atoms with Crippen LogP contribution in [-0.4, -0.2) is 22.2 Å². The van der Waals surface area contributed by atoms with Gasteiger partial charge in [-0.1, -0.05) is 23.7 Å². The van der Waals surface area contributed by atoms with Crippen molar-refractivity contribution >= 4 is 28.2 Å². The van der Waals surface area contributed by atoms with E-state index < -0.39 is 0 Å². The molecule has 6 nitrogen and oxygen atoms in total. The monoisotopic (exact) mass is 366 g/mol. The first kappa shape index (κ1) is 18.1. The first-order valence-corrected chi connectivity index (χ1v) is 8.64. The molecule has 3 rings (SSSR count). The molecule has 26 heavy (non-hydrogen) atoms. The van der Waals surface area contributed by atoms with E-state index in [0.29, 0.717) is 23.1 Å². The lowest BCUT2D eigenvalue weighted by Crippen LogP contribution is -2.13. The third-order valence-corrected chi connectivity index (χ3v) is 4.57. The summed E-state index contributed by atoms with van der Waals surface area (Å²) in [5.41, 5.74) is 3.48. The highest BCUT2D eigenvalue weighted by Gasteiger charge is 2.15. The molecule has 0 saturated heterocycles. The van der Waals surface area contributed by atoms with Gasteiger partial charge >= 0.3 is 0 Å². The van der Waals surface area contributed by atoms with Gasteiger partial charge in [-0.25, -0.2) is 4.98 Å². The lowest BCUT2D eigenvalue weighted by molar-refractivity contribution is 0.773. The third kappa shape index (κ3) is 3.45. The van der Waals surface area contributed by atoms with Gasteiger partial charge in [-0.05, 0) is 44.2 Å². The highest BCUT2D eigenvalue weighted by atomic mass is 35.5. The van der Waals surface area contributed by atoms with Crippen molar-refractivity contribution < 1.29 is 0 Å². The maximum Gasteiger partial charge on any atom is 0.157 e. The quantitative estimate of drug-likeness (QED) is 0.669. The molecule has 0 spiro atoms. The molecule has 3 aromatic rings. The molecule has 2 N–H and O–H groups in total. The third-order valence-electron chi connectivity index (χ3n) is 4.37. The molecule has 0 amide bonds. The Morgan fingerprint density at radius 2 is 2.08 bits per heavy atom. The number of anilines is 1. The lowest BCUT2D eigenvalue weighted by atomic mass is 9.98. The van der Waals surface area contributed by atoms with Crippen molar-refractivity contribution in [2.24, 2.45) is 0 Å². The first-order valence-electron chi connectivity index (χ1n) is 8.26. The normalized spacial score (nSPS) is 12.0. The predicted octanol–water partition coefficient (Wildman–Crippen LogP) is 3.75. The van der Waals surface area contributed by atoms with E-state index in [0.717, 1.165) is 27.6 Å². The van der Waals surface area contributed by atoms with Crippen molar-refractivity contribution in [2.75, 3.05) is 12.4 Å². The Labute approximate surface area is 157 Å². The molecule has 1 unspecified atom stereocenters. The number of halogens is 1. The maximum absolute atomic E-state index is 9.25. The van der Waals surface area contributed by atoms with E-state index in [-0.39, 0.29) is 6.04 Å². The summed E-state index contributed by atoms with van der Waals surface area (Å²) in [6.45, 7) is 4.57. The summed E-state index contributed by atoms with van der Waals surface area (Å²) in [4.78, 5) is 4.17. The fourth-order valence-corrected chi connectivity index (χ4v) is 3.16. The van der Waals surface area contributed by atoms with Gasteiger partial charge in [0, 0.05) is 23.5 Å². The Hall–Kier alpha value is -2.75. The zero-order valence-electron chi connectivity index (χ0n) is 14.8. The summed E-state index contributed by atoms with van der Waals surface area (Å²) in [5, 5.41) is 26.6. The van der Waals surface area contributed by atoms with Crippen molar-refractivity contribution in [3.05, 3.63) is 58.0 Å². The van der Waals surface area contributed by atoms with E-state index in [4.69, 9.17) is 11.6 Å². The van der Waals surface area contributed by atoms with Crippen LogP contribution in [0.5, 0.6) is 0 Å². The Bertz CT molecular complexity index is 995. The Morgan fingerprint density at radius 3 is 2.81 bits per heavy atom. The van der Waals surface area contributed by atoms with Gasteiger partial charge in [-0.15, -0.1) is 5.10 Å². The molecule has 0 radical (unpaired) electrons. The van der Waals surface area contributed by atoms with Crippen molar-refractivity contribution in [1.82, 2.24) is 20.5 Å². The number of pyridine rings is 1. The summed E-state index contributed by atoms with van der Waals surface area (Å²) < 4.78 is 0. The van der Waals surface area contributed by atoms with Crippen molar-refractivity contribution in [1.29, 1.82) is 5.26 Å². The number of nitrogens with zero attached hydrogens (tertiary/aromatic N) is 4. The number of hydrogen-bond acceptors (Lipinski definition) is 6. The van der Waals surface area contributed by atoms with Gasteiger partial charge in [-0.3, -0.25) is 0 Å². The lowest BCUT2D eigenvalue weighted by Gasteiger charge is -2.19. The van der Waals surface area contributed by atoms with Crippen LogP contribution < -0.4 is 10.6 Å². The molecule has 0 fully saturated rings. The summed E-state index contributed by atoms with van der Waals surface area (Å²) in [6, 6.07) is 9.68. The van der Waals surface area contributed by atoms with Gasteiger partial charge < -0.3 is 10.6 Å². The second-order valence-electron chi connectivity index (χ2n) is 6.08. The molecule has 2 heterocycles. The number of nitrogens with one attached hydrogen (secondary N) is 2. The Morgan fingerprint density at radius 1 is 1.27 bits per heavy atom. The van der Waals surface area contributed by atoms with Gasteiger partial charge in [0.15, 0.2) is 5.82 Å². The highest BCUT2D eigenvalue weighted by molar-refractivity contribution is 6.30. The second kappa shape index (κ2) is 7.65. The summed E-state index contributed by atoms with van der Waals surface area (Å²) in [7, 11) is 1.86. The predicted molar refractivity (Wildman–Crippen MR) is 103 cm³/mol. The fraction of sp³-hybridized carbons (Fsp3) is 0.263. The van der Waals surface area contributed by atoms with Crippen LogP contribution in [0.3, 0.4) is 0 Å². The minimum atomic E-state index is -0.0529. The van der Waals surface area contributed by atoms with E-state index >= 15 is 0 Å². The van der Waals surface area contributed by atoms with Gasteiger partial charge in [-0.2, -0.15) is 10.4 Å². The molecule has 0 aliphatic heterocycles. The van der Waals surface area contributed by atoms with Crippen LogP contribution in [0.2, 0.25) is 5.15 Å². The molecule has 1 atom stereocenters. The van der Waals surface area contributed by atoms with Gasteiger partial charge in [0.1, 0.15) is 5.15 Å². The number of hydrogen-bond donors (Lipinski definition) is 2. The van der Waals surface area contributed by atoms with Gasteiger partial charge in [0.25, 0.3) is 0 Å². The molecule has 7 heteroatoms. The summed E-state index contributed by atoms with van der Waals surface area (Å²) >= 11 is 6.10. The number of fused-ring (bicyclic) bond motifs is 1. The molecule has 0 bridgehead atoms. The highest BCUT2D eigenvalue weighted by Crippen LogP contribution is 2.29. The summed E-state index contributed by atoms with van der Waals surface area (Å²) in [5.74, 6) is 0.637. The number of rotatable bonds is 5.